The SMILES string of the molecule is Nc1ccc(NC(=O)c2cc(Cl)ccc2Cl)cc1F. The summed E-state index contributed by atoms with van der Waals surface area (Å²) in [5, 5.41) is 3.17. The van der Waals surface area contributed by atoms with Crippen molar-refractivity contribution >= 4 is 40.5 Å². The van der Waals surface area contributed by atoms with E-state index in [9.17, 15) is 9.18 Å². The van der Waals surface area contributed by atoms with Crippen LogP contribution in [0.4, 0.5) is 15.8 Å². The number of hydrogen-bond donors (Lipinski definition) is 2. The monoisotopic (exact) mass is 298 g/mol. The molecule has 1 amide bonds. The third-order valence-corrected chi connectivity index (χ3v) is 3.00. The summed E-state index contributed by atoms with van der Waals surface area (Å²) in [6.45, 7) is 0. The fourth-order valence-corrected chi connectivity index (χ4v) is 1.85. The molecule has 0 radical (unpaired) electrons. The number of nitrogen functional groups attached to an aromatic ring is 1. The molecule has 0 aliphatic rings. The quantitative estimate of drug-likeness (QED) is 0.824. The van der Waals surface area contributed by atoms with Crippen molar-refractivity contribution in [2.24, 2.45) is 0 Å². The van der Waals surface area contributed by atoms with Gasteiger partial charge in [0.05, 0.1) is 16.3 Å². The number of carbonyl (C=O) groups is 1. The Morgan fingerprint density at radius 3 is 2.58 bits per heavy atom. The average Bonchev–Trinajstić information content (AvgIpc) is 2.36. The van der Waals surface area contributed by atoms with E-state index in [2.05, 4.69) is 5.32 Å². The summed E-state index contributed by atoms with van der Waals surface area (Å²) in [7, 11) is 0. The van der Waals surface area contributed by atoms with Crippen LogP contribution in [0.1, 0.15) is 10.4 Å². The van der Waals surface area contributed by atoms with Gasteiger partial charge in [-0.15, -0.1) is 0 Å². The molecule has 6 heteroatoms. The fraction of sp³-hybridized carbons (Fsp3) is 0. The van der Waals surface area contributed by atoms with Crippen molar-refractivity contribution in [2.75, 3.05) is 11.1 Å². The van der Waals surface area contributed by atoms with E-state index in [-0.39, 0.29) is 22.0 Å². The molecular weight excluding hydrogens is 290 g/mol. The minimum absolute atomic E-state index is 0.0128. The van der Waals surface area contributed by atoms with Crippen molar-refractivity contribution in [1.29, 1.82) is 0 Å². The highest BCUT2D eigenvalue weighted by atomic mass is 35.5. The van der Waals surface area contributed by atoms with E-state index >= 15 is 0 Å². The minimum Gasteiger partial charge on any atom is -0.396 e. The van der Waals surface area contributed by atoms with Gasteiger partial charge in [-0.05, 0) is 36.4 Å². The number of anilines is 2. The van der Waals surface area contributed by atoms with Crippen LogP contribution >= 0.6 is 23.2 Å². The van der Waals surface area contributed by atoms with Crippen LogP contribution in [0, 0.1) is 5.82 Å². The van der Waals surface area contributed by atoms with Gasteiger partial charge in [-0.1, -0.05) is 23.2 Å². The number of halogens is 3. The third kappa shape index (κ3) is 3.16. The summed E-state index contributed by atoms with van der Waals surface area (Å²) < 4.78 is 13.3. The van der Waals surface area contributed by atoms with Crippen LogP contribution in [0.25, 0.3) is 0 Å². The smallest absolute Gasteiger partial charge is 0.257 e. The molecule has 0 saturated heterocycles. The summed E-state index contributed by atoms with van der Waals surface area (Å²) in [4.78, 5) is 12.0. The van der Waals surface area contributed by atoms with Crippen LogP contribution in [0.15, 0.2) is 36.4 Å². The molecule has 19 heavy (non-hydrogen) atoms. The van der Waals surface area contributed by atoms with E-state index in [1.54, 1.807) is 6.07 Å². The van der Waals surface area contributed by atoms with Crippen LogP contribution in [-0.4, -0.2) is 5.91 Å². The molecule has 0 spiro atoms. The second-order valence-electron chi connectivity index (χ2n) is 3.81. The van der Waals surface area contributed by atoms with E-state index in [1.807, 2.05) is 0 Å². The second kappa shape index (κ2) is 5.47. The number of carbonyl (C=O) groups excluding carboxylic acids is 1. The summed E-state index contributed by atoms with van der Waals surface area (Å²) in [5.74, 6) is -1.08. The molecule has 2 aromatic rings. The lowest BCUT2D eigenvalue weighted by molar-refractivity contribution is 0.102. The Kier molecular flexibility index (Phi) is 3.93. The van der Waals surface area contributed by atoms with Gasteiger partial charge in [0.2, 0.25) is 0 Å². The molecule has 0 aliphatic carbocycles. The van der Waals surface area contributed by atoms with E-state index in [0.717, 1.165) is 6.07 Å². The number of hydrogen-bond acceptors (Lipinski definition) is 2. The van der Waals surface area contributed by atoms with Crippen LogP contribution in [0.3, 0.4) is 0 Å². The van der Waals surface area contributed by atoms with E-state index in [1.165, 1.54) is 24.3 Å². The lowest BCUT2D eigenvalue weighted by Crippen LogP contribution is -2.12. The number of benzene rings is 2. The molecule has 0 heterocycles. The molecule has 3 nitrogen and oxygen atoms in total. The molecule has 3 N–H and O–H groups in total. The molecule has 0 fully saturated rings. The molecule has 0 atom stereocenters. The lowest BCUT2D eigenvalue weighted by atomic mass is 10.2. The Balaban J connectivity index is 2.25. The van der Waals surface area contributed by atoms with E-state index < -0.39 is 11.7 Å². The molecule has 0 bridgehead atoms. The van der Waals surface area contributed by atoms with Crippen molar-refractivity contribution in [3.63, 3.8) is 0 Å². The highest BCUT2D eigenvalue weighted by Crippen LogP contribution is 2.22. The Morgan fingerprint density at radius 1 is 1.16 bits per heavy atom. The number of nitrogens with two attached hydrogens (primary N) is 1. The van der Waals surface area contributed by atoms with Gasteiger partial charge in [0, 0.05) is 10.7 Å². The Bertz CT molecular complexity index is 647. The molecular formula is C13H9Cl2FN2O. The first kappa shape index (κ1) is 13.6. The standard InChI is InChI=1S/C13H9Cl2FN2O/c14-7-1-3-10(15)9(5-7)13(19)18-8-2-4-12(17)11(16)6-8/h1-6H,17H2,(H,18,19). The van der Waals surface area contributed by atoms with Crippen LogP contribution < -0.4 is 11.1 Å². The maximum atomic E-state index is 13.3. The molecule has 0 aliphatic heterocycles. The molecule has 0 unspecified atom stereocenters. The first-order valence-corrected chi connectivity index (χ1v) is 6.04. The number of amides is 1. The maximum Gasteiger partial charge on any atom is 0.257 e. The summed E-state index contributed by atoms with van der Waals surface area (Å²) in [6, 6.07) is 8.52. The predicted molar refractivity (Wildman–Crippen MR) is 75.2 cm³/mol. The van der Waals surface area contributed by atoms with E-state index in [0.29, 0.717) is 5.02 Å². The Morgan fingerprint density at radius 2 is 1.89 bits per heavy atom. The predicted octanol–water partition coefficient (Wildman–Crippen LogP) is 3.97. The van der Waals surface area contributed by atoms with Crippen LogP contribution in [0.2, 0.25) is 10.0 Å². The van der Waals surface area contributed by atoms with E-state index in [4.69, 9.17) is 28.9 Å². The molecule has 98 valence electrons. The van der Waals surface area contributed by atoms with Crippen molar-refractivity contribution in [2.45, 2.75) is 0 Å². The van der Waals surface area contributed by atoms with Gasteiger partial charge in [0.25, 0.3) is 5.91 Å². The zero-order valence-electron chi connectivity index (χ0n) is 9.58. The van der Waals surface area contributed by atoms with Gasteiger partial charge in [-0.25, -0.2) is 4.39 Å². The van der Waals surface area contributed by atoms with Crippen molar-refractivity contribution in [3.05, 3.63) is 57.8 Å². The molecule has 0 saturated carbocycles. The van der Waals surface area contributed by atoms with Crippen molar-refractivity contribution < 1.29 is 9.18 Å². The van der Waals surface area contributed by atoms with Gasteiger partial charge in [-0.3, -0.25) is 4.79 Å². The molecule has 0 aromatic heterocycles. The van der Waals surface area contributed by atoms with Gasteiger partial charge < -0.3 is 11.1 Å². The molecule has 2 rings (SSSR count). The van der Waals surface area contributed by atoms with Gasteiger partial charge in [0.1, 0.15) is 5.82 Å². The topological polar surface area (TPSA) is 55.1 Å². The Hall–Kier alpha value is -1.78. The highest BCUT2D eigenvalue weighted by Gasteiger charge is 2.12. The van der Waals surface area contributed by atoms with Crippen LogP contribution in [-0.2, 0) is 0 Å². The summed E-state index contributed by atoms with van der Waals surface area (Å²) >= 11 is 11.7. The fourth-order valence-electron chi connectivity index (χ4n) is 1.47. The largest absolute Gasteiger partial charge is 0.396 e. The highest BCUT2D eigenvalue weighted by molar-refractivity contribution is 6.36. The average molecular weight is 299 g/mol. The molecule has 2 aromatic carbocycles. The lowest BCUT2D eigenvalue weighted by Gasteiger charge is -2.08. The van der Waals surface area contributed by atoms with Gasteiger partial charge in [-0.2, -0.15) is 0 Å². The zero-order chi connectivity index (χ0) is 14.0. The summed E-state index contributed by atoms with van der Waals surface area (Å²) in [6.07, 6.45) is 0. The first-order valence-electron chi connectivity index (χ1n) is 5.29. The van der Waals surface area contributed by atoms with Crippen molar-refractivity contribution in [3.8, 4) is 0 Å². The van der Waals surface area contributed by atoms with Crippen molar-refractivity contribution in [1.82, 2.24) is 0 Å². The normalized spacial score (nSPS) is 10.3. The minimum atomic E-state index is -0.602. The number of nitrogens with one attached hydrogen (secondary N) is 1. The van der Waals surface area contributed by atoms with Gasteiger partial charge >= 0.3 is 0 Å². The zero-order valence-corrected chi connectivity index (χ0v) is 11.1. The van der Waals surface area contributed by atoms with Crippen LogP contribution in [0.5, 0.6) is 0 Å². The number of rotatable bonds is 2. The van der Waals surface area contributed by atoms with Gasteiger partial charge in [0.15, 0.2) is 0 Å². The maximum absolute atomic E-state index is 13.3. The second-order valence-corrected chi connectivity index (χ2v) is 4.66. The summed E-state index contributed by atoms with van der Waals surface area (Å²) in [5.41, 5.74) is 5.86. The first-order chi connectivity index (χ1) is 8.97. The Labute approximate surface area is 119 Å². The third-order valence-electron chi connectivity index (χ3n) is 2.43.